The number of amides is 1. The van der Waals surface area contributed by atoms with Gasteiger partial charge < -0.3 is 14.8 Å². The molecule has 0 bridgehead atoms. The van der Waals surface area contributed by atoms with Crippen LogP contribution in [0.5, 0.6) is 5.75 Å². The normalized spacial score (nSPS) is 12.0. The molecule has 29 heavy (non-hydrogen) atoms. The molecule has 2 aromatic rings. The Bertz CT molecular complexity index is 864. The van der Waals surface area contributed by atoms with E-state index < -0.39 is 18.0 Å². The van der Waals surface area contributed by atoms with Gasteiger partial charge in [-0.25, -0.2) is 4.79 Å². The lowest BCUT2D eigenvalue weighted by atomic mass is 9.87. The van der Waals surface area contributed by atoms with Gasteiger partial charge in [-0.1, -0.05) is 32.9 Å². The van der Waals surface area contributed by atoms with Gasteiger partial charge in [0.1, 0.15) is 5.75 Å². The molecule has 0 heterocycles. The average molecular weight is 397 g/mol. The Morgan fingerprint density at radius 3 is 2.07 bits per heavy atom. The highest BCUT2D eigenvalue weighted by Gasteiger charge is 2.19. The number of carbonyl (C=O) groups excluding carboxylic acids is 3. The summed E-state index contributed by atoms with van der Waals surface area (Å²) in [5.41, 5.74) is 2.37. The van der Waals surface area contributed by atoms with Crippen molar-refractivity contribution in [1.82, 2.24) is 0 Å². The summed E-state index contributed by atoms with van der Waals surface area (Å²) < 4.78 is 10.4. The number of ketones is 1. The van der Waals surface area contributed by atoms with Crippen LogP contribution >= 0.6 is 0 Å². The summed E-state index contributed by atoms with van der Waals surface area (Å²) in [6.45, 7) is 8.97. The van der Waals surface area contributed by atoms with E-state index in [1.165, 1.54) is 13.8 Å². The lowest BCUT2D eigenvalue weighted by Crippen LogP contribution is -2.31. The van der Waals surface area contributed by atoms with Crippen LogP contribution in [-0.2, 0) is 19.7 Å². The fourth-order valence-electron chi connectivity index (χ4n) is 2.51. The minimum absolute atomic E-state index is 0.0255. The van der Waals surface area contributed by atoms with Crippen LogP contribution in [-0.4, -0.2) is 30.4 Å². The van der Waals surface area contributed by atoms with E-state index in [9.17, 15) is 14.4 Å². The monoisotopic (exact) mass is 397 g/mol. The van der Waals surface area contributed by atoms with Crippen molar-refractivity contribution in [2.75, 3.05) is 11.9 Å². The predicted molar refractivity (Wildman–Crippen MR) is 111 cm³/mol. The van der Waals surface area contributed by atoms with Crippen molar-refractivity contribution < 1.29 is 23.9 Å². The Kier molecular flexibility index (Phi) is 7.15. The van der Waals surface area contributed by atoms with Gasteiger partial charge in [-0.3, -0.25) is 9.59 Å². The van der Waals surface area contributed by atoms with Gasteiger partial charge in [-0.05, 0) is 61.2 Å². The van der Waals surface area contributed by atoms with Crippen molar-refractivity contribution in [2.45, 2.75) is 46.1 Å². The van der Waals surface area contributed by atoms with E-state index in [4.69, 9.17) is 9.47 Å². The zero-order valence-corrected chi connectivity index (χ0v) is 17.4. The Morgan fingerprint density at radius 2 is 1.55 bits per heavy atom. The summed E-state index contributed by atoms with van der Waals surface area (Å²) in [7, 11) is 0. The lowest BCUT2D eigenvalue weighted by molar-refractivity contribution is -0.155. The molecule has 0 aromatic heterocycles. The molecule has 0 saturated carbocycles. The second-order valence-corrected chi connectivity index (χ2v) is 7.82. The van der Waals surface area contributed by atoms with Crippen molar-refractivity contribution in [2.24, 2.45) is 0 Å². The maximum absolute atomic E-state index is 12.2. The Balaban J connectivity index is 1.82. The molecule has 2 rings (SSSR count). The van der Waals surface area contributed by atoms with Gasteiger partial charge in [0.2, 0.25) is 0 Å². The minimum atomic E-state index is -0.964. The first-order valence-electron chi connectivity index (χ1n) is 9.41. The molecule has 1 amide bonds. The quantitative estimate of drug-likeness (QED) is 0.561. The first-order valence-corrected chi connectivity index (χ1v) is 9.41. The van der Waals surface area contributed by atoms with Crippen molar-refractivity contribution in [3.05, 3.63) is 59.7 Å². The first kappa shape index (κ1) is 22.1. The van der Waals surface area contributed by atoms with Gasteiger partial charge in [-0.15, -0.1) is 0 Å². The fourth-order valence-corrected chi connectivity index (χ4v) is 2.51. The van der Waals surface area contributed by atoms with Crippen LogP contribution in [0.1, 0.15) is 50.5 Å². The Morgan fingerprint density at radius 1 is 0.966 bits per heavy atom. The SMILES string of the molecule is CC(=O)c1ccc(OCC(=O)OC(C)C(=O)Nc2ccc(C(C)(C)C)cc2)cc1. The molecule has 0 aliphatic heterocycles. The average Bonchev–Trinajstić information content (AvgIpc) is 2.66. The van der Waals surface area contributed by atoms with Gasteiger partial charge in [0.15, 0.2) is 18.5 Å². The van der Waals surface area contributed by atoms with E-state index in [2.05, 4.69) is 26.1 Å². The molecule has 154 valence electrons. The molecule has 6 heteroatoms. The molecule has 0 spiro atoms. The summed E-state index contributed by atoms with van der Waals surface area (Å²) in [6, 6.07) is 14.0. The van der Waals surface area contributed by atoms with Gasteiger partial charge >= 0.3 is 5.97 Å². The summed E-state index contributed by atoms with van der Waals surface area (Å²) in [6.07, 6.45) is -0.964. The third kappa shape index (κ3) is 6.75. The number of hydrogen-bond donors (Lipinski definition) is 1. The number of esters is 1. The Hall–Kier alpha value is -3.15. The maximum Gasteiger partial charge on any atom is 0.344 e. The number of nitrogens with one attached hydrogen (secondary N) is 1. The highest BCUT2D eigenvalue weighted by atomic mass is 16.6. The summed E-state index contributed by atoms with van der Waals surface area (Å²) in [4.78, 5) is 35.4. The third-order valence-corrected chi connectivity index (χ3v) is 4.31. The second kappa shape index (κ2) is 9.37. The number of benzene rings is 2. The van der Waals surface area contributed by atoms with Gasteiger partial charge in [0.25, 0.3) is 5.91 Å². The molecule has 2 aromatic carbocycles. The van der Waals surface area contributed by atoms with E-state index in [0.29, 0.717) is 17.0 Å². The van der Waals surface area contributed by atoms with E-state index in [1.807, 2.05) is 24.3 Å². The van der Waals surface area contributed by atoms with Crippen LogP contribution in [0.2, 0.25) is 0 Å². The van der Waals surface area contributed by atoms with Crippen LogP contribution < -0.4 is 10.1 Å². The Labute approximate surface area is 171 Å². The second-order valence-electron chi connectivity index (χ2n) is 7.82. The van der Waals surface area contributed by atoms with Crippen LogP contribution in [0.4, 0.5) is 5.69 Å². The predicted octanol–water partition coefficient (Wildman–Crippen LogP) is 4.14. The van der Waals surface area contributed by atoms with Gasteiger partial charge in [-0.2, -0.15) is 0 Å². The van der Waals surface area contributed by atoms with Gasteiger partial charge in [0.05, 0.1) is 0 Å². The topological polar surface area (TPSA) is 81.7 Å². The number of ether oxygens (including phenoxy) is 2. The van der Waals surface area contributed by atoms with E-state index in [1.54, 1.807) is 24.3 Å². The molecule has 0 fully saturated rings. The lowest BCUT2D eigenvalue weighted by Gasteiger charge is -2.19. The van der Waals surface area contributed by atoms with Crippen LogP contribution in [0, 0.1) is 0 Å². The summed E-state index contributed by atoms with van der Waals surface area (Å²) in [5, 5.41) is 2.73. The van der Waals surface area contributed by atoms with E-state index in [0.717, 1.165) is 5.56 Å². The minimum Gasteiger partial charge on any atom is -0.482 e. The largest absolute Gasteiger partial charge is 0.482 e. The van der Waals surface area contributed by atoms with Crippen molar-refractivity contribution in [3.63, 3.8) is 0 Å². The van der Waals surface area contributed by atoms with Crippen LogP contribution in [0.3, 0.4) is 0 Å². The van der Waals surface area contributed by atoms with E-state index in [-0.39, 0.29) is 17.8 Å². The molecular weight excluding hydrogens is 370 g/mol. The number of hydrogen-bond acceptors (Lipinski definition) is 5. The molecule has 6 nitrogen and oxygen atoms in total. The number of anilines is 1. The fraction of sp³-hybridized carbons (Fsp3) is 0.348. The van der Waals surface area contributed by atoms with Crippen molar-refractivity contribution >= 4 is 23.3 Å². The number of Topliss-reactive ketones (excluding diaryl/α,β-unsaturated/α-hetero) is 1. The zero-order valence-electron chi connectivity index (χ0n) is 17.4. The first-order chi connectivity index (χ1) is 13.6. The van der Waals surface area contributed by atoms with Crippen LogP contribution in [0.15, 0.2) is 48.5 Å². The summed E-state index contributed by atoms with van der Waals surface area (Å²) in [5.74, 6) is -0.703. The highest BCUT2D eigenvalue weighted by Crippen LogP contribution is 2.23. The highest BCUT2D eigenvalue weighted by molar-refractivity contribution is 5.95. The van der Waals surface area contributed by atoms with Gasteiger partial charge in [0, 0.05) is 11.3 Å². The van der Waals surface area contributed by atoms with Crippen LogP contribution in [0.25, 0.3) is 0 Å². The number of rotatable bonds is 7. The molecule has 1 atom stereocenters. The number of carbonyl (C=O) groups is 3. The standard InChI is InChI=1S/C23H27NO5/c1-15(25)17-6-12-20(13-7-17)28-14-21(26)29-16(2)22(27)24-19-10-8-18(9-11-19)23(3,4)5/h6-13,16H,14H2,1-5H3,(H,24,27). The molecule has 0 saturated heterocycles. The molecule has 0 aliphatic carbocycles. The van der Waals surface area contributed by atoms with Crippen molar-refractivity contribution in [3.8, 4) is 5.75 Å². The maximum atomic E-state index is 12.2. The molecule has 1 unspecified atom stereocenters. The third-order valence-electron chi connectivity index (χ3n) is 4.31. The molecule has 0 aliphatic rings. The zero-order chi connectivity index (χ0) is 21.6. The smallest absolute Gasteiger partial charge is 0.344 e. The molecular formula is C23H27NO5. The summed E-state index contributed by atoms with van der Waals surface area (Å²) >= 11 is 0. The van der Waals surface area contributed by atoms with Crippen molar-refractivity contribution in [1.29, 1.82) is 0 Å². The molecule has 1 N–H and O–H groups in total. The molecule has 0 radical (unpaired) electrons. The van der Waals surface area contributed by atoms with E-state index >= 15 is 0 Å².